The number of benzene rings is 2. The number of aromatic nitrogens is 2. The van der Waals surface area contributed by atoms with Crippen molar-refractivity contribution < 1.29 is 0 Å². The van der Waals surface area contributed by atoms with Crippen LogP contribution in [0.4, 0.5) is 11.4 Å². The van der Waals surface area contributed by atoms with Gasteiger partial charge in [-0.1, -0.05) is 53.0 Å². The highest BCUT2D eigenvalue weighted by atomic mass is 35.5. The van der Waals surface area contributed by atoms with Crippen LogP contribution in [0.15, 0.2) is 58.9 Å². The molecule has 1 N–H and O–H groups in total. The molecular formula is C16H12Cl2N4. The lowest BCUT2D eigenvalue weighted by Crippen LogP contribution is -1.79. The number of aryl methyl sites for hydroxylation is 1. The Morgan fingerprint density at radius 1 is 0.955 bits per heavy atom. The first-order chi connectivity index (χ1) is 10.6. The topological polar surface area (TPSA) is 53.4 Å². The van der Waals surface area contributed by atoms with Crippen molar-refractivity contribution in [3.05, 3.63) is 64.3 Å². The van der Waals surface area contributed by atoms with Crippen molar-refractivity contribution in [3.8, 4) is 11.3 Å². The van der Waals surface area contributed by atoms with E-state index in [1.54, 1.807) is 24.4 Å². The summed E-state index contributed by atoms with van der Waals surface area (Å²) in [6.45, 7) is 2.04. The van der Waals surface area contributed by atoms with Crippen LogP contribution in [0.2, 0.25) is 10.0 Å². The summed E-state index contributed by atoms with van der Waals surface area (Å²) in [7, 11) is 0. The molecule has 0 aliphatic rings. The van der Waals surface area contributed by atoms with Crippen molar-refractivity contribution in [2.75, 3.05) is 0 Å². The number of hydrogen-bond donors (Lipinski definition) is 1. The van der Waals surface area contributed by atoms with E-state index in [9.17, 15) is 0 Å². The standard InChI is InChI=1S/C16H12Cl2N4/c1-10-2-4-11(5-3-10)16-15(9-19-22-16)21-20-14-7-12(17)6-13(18)8-14/h2-9H,1H3,(H,19,22). The molecule has 3 rings (SSSR count). The Balaban J connectivity index is 1.92. The number of nitrogens with zero attached hydrogens (tertiary/aromatic N) is 3. The third kappa shape index (κ3) is 3.35. The van der Waals surface area contributed by atoms with Crippen LogP contribution in [0.3, 0.4) is 0 Å². The number of nitrogens with one attached hydrogen (secondary N) is 1. The Bertz CT molecular complexity index is 802. The largest absolute Gasteiger partial charge is 0.275 e. The monoisotopic (exact) mass is 330 g/mol. The zero-order valence-corrected chi connectivity index (χ0v) is 13.2. The third-order valence-electron chi connectivity index (χ3n) is 3.08. The highest BCUT2D eigenvalue weighted by Gasteiger charge is 2.07. The highest BCUT2D eigenvalue weighted by molar-refractivity contribution is 6.35. The molecule has 0 radical (unpaired) electrons. The fourth-order valence-electron chi connectivity index (χ4n) is 2.00. The lowest BCUT2D eigenvalue weighted by molar-refractivity contribution is 1.09. The van der Waals surface area contributed by atoms with E-state index >= 15 is 0 Å². The number of azo groups is 1. The summed E-state index contributed by atoms with van der Waals surface area (Å²) in [4.78, 5) is 0. The van der Waals surface area contributed by atoms with Gasteiger partial charge in [-0.15, -0.1) is 5.11 Å². The first kappa shape index (κ1) is 14.8. The number of H-pyrrole nitrogens is 1. The van der Waals surface area contributed by atoms with Gasteiger partial charge < -0.3 is 0 Å². The lowest BCUT2D eigenvalue weighted by atomic mass is 10.1. The Labute approximate surface area is 137 Å². The average molecular weight is 331 g/mol. The number of rotatable bonds is 3. The summed E-state index contributed by atoms with van der Waals surface area (Å²) < 4.78 is 0. The van der Waals surface area contributed by atoms with Crippen molar-refractivity contribution in [3.63, 3.8) is 0 Å². The molecule has 6 heteroatoms. The van der Waals surface area contributed by atoms with Gasteiger partial charge in [0.05, 0.1) is 17.6 Å². The van der Waals surface area contributed by atoms with E-state index in [-0.39, 0.29) is 0 Å². The zero-order chi connectivity index (χ0) is 15.5. The van der Waals surface area contributed by atoms with Gasteiger partial charge in [0.25, 0.3) is 0 Å². The summed E-state index contributed by atoms with van der Waals surface area (Å²) in [6, 6.07) is 13.1. The molecule has 1 heterocycles. The maximum absolute atomic E-state index is 5.95. The quantitative estimate of drug-likeness (QED) is 0.579. The Hall–Kier alpha value is -2.17. The number of hydrogen-bond acceptors (Lipinski definition) is 3. The number of halogens is 2. The molecule has 0 aliphatic carbocycles. The van der Waals surface area contributed by atoms with Gasteiger partial charge in [-0.25, -0.2) is 0 Å². The first-order valence-electron chi connectivity index (χ1n) is 6.60. The van der Waals surface area contributed by atoms with Crippen LogP contribution in [0.5, 0.6) is 0 Å². The van der Waals surface area contributed by atoms with E-state index in [2.05, 4.69) is 20.4 Å². The Morgan fingerprint density at radius 3 is 2.32 bits per heavy atom. The van der Waals surface area contributed by atoms with Crippen molar-refractivity contribution in [1.82, 2.24) is 10.2 Å². The molecule has 1 aromatic heterocycles. The predicted octanol–water partition coefficient (Wildman–Crippen LogP) is 6.11. The molecule has 0 bridgehead atoms. The van der Waals surface area contributed by atoms with Crippen molar-refractivity contribution in [2.24, 2.45) is 10.2 Å². The van der Waals surface area contributed by atoms with Gasteiger partial charge in [0.1, 0.15) is 5.69 Å². The summed E-state index contributed by atoms with van der Waals surface area (Å²) >= 11 is 11.9. The minimum absolute atomic E-state index is 0.521. The maximum atomic E-state index is 5.95. The Morgan fingerprint density at radius 2 is 1.64 bits per heavy atom. The van der Waals surface area contributed by atoms with E-state index in [1.165, 1.54) is 5.56 Å². The van der Waals surface area contributed by atoms with Gasteiger partial charge in [0.15, 0.2) is 0 Å². The van der Waals surface area contributed by atoms with Crippen molar-refractivity contribution in [1.29, 1.82) is 0 Å². The fraction of sp³-hybridized carbons (Fsp3) is 0.0625. The molecule has 0 saturated heterocycles. The van der Waals surface area contributed by atoms with Crippen LogP contribution >= 0.6 is 23.2 Å². The molecule has 2 aromatic carbocycles. The highest BCUT2D eigenvalue weighted by Crippen LogP contribution is 2.30. The second-order valence-corrected chi connectivity index (χ2v) is 5.70. The van der Waals surface area contributed by atoms with Gasteiger partial charge in [-0.3, -0.25) is 5.10 Å². The molecule has 0 atom stereocenters. The molecule has 0 spiro atoms. The smallest absolute Gasteiger partial charge is 0.131 e. The minimum Gasteiger partial charge on any atom is -0.275 e. The van der Waals surface area contributed by atoms with Crippen LogP contribution in [0.1, 0.15) is 5.56 Å². The summed E-state index contributed by atoms with van der Waals surface area (Å²) in [5, 5.41) is 16.4. The molecule has 3 aromatic rings. The third-order valence-corrected chi connectivity index (χ3v) is 3.52. The SMILES string of the molecule is Cc1ccc(-c2[nH]ncc2N=Nc2cc(Cl)cc(Cl)c2)cc1. The van der Waals surface area contributed by atoms with Gasteiger partial charge >= 0.3 is 0 Å². The van der Waals surface area contributed by atoms with Crippen molar-refractivity contribution >= 4 is 34.6 Å². The van der Waals surface area contributed by atoms with Gasteiger partial charge in [-0.2, -0.15) is 10.2 Å². The minimum atomic E-state index is 0.521. The molecule has 4 nitrogen and oxygen atoms in total. The van der Waals surface area contributed by atoms with Crippen LogP contribution in [0, 0.1) is 6.92 Å². The van der Waals surface area contributed by atoms with Gasteiger partial charge in [0, 0.05) is 15.6 Å². The van der Waals surface area contributed by atoms with E-state index < -0.39 is 0 Å². The second kappa shape index (κ2) is 6.30. The van der Waals surface area contributed by atoms with Gasteiger partial charge in [0.2, 0.25) is 0 Å². The molecule has 0 aliphatic heterocycles. The van der Waals surface area contributed by atoms with E-state index in [0.717, 1.165) is 11.3 Å². The molecule has 0 unspecified atom stereocenters. The van der Waals surface area contributed by atoms with Crippen LogP contribution < -0.4 is 0 Å². The fourth-order valence-corrected chi connectivity index (χ4v) is 2.51. The summed E-state index contributed by atoms with van der Waals surface area (Å²) in [5.74, 6) is 0. The Kier molecular flexibility index (Phi) is 4.22. The predicted molar refractivity (Wildman–Crippen MR) is 89.4 cm³/mol. The molecule has 0 saturated carbocycles. The van der Waals surface area contributed by atoms with E-state index in [1.807, 2.05) is 31.2 Å². The molecule has 0 fully saturated rings. The van der Waals surface area contributed by atoms with Gasteiger partial charge in [-0.05, 0) is 25.1 Å². The zero-order valence-electron chi connectivity index (χ0n) is 11.7. The van der Waals surface area contributed by atoms with Crippen LogP contribution in [0.25, 0.3) is 11.3 Å². The van der Waals surface area contributed by atoms with E-state index in [4.69, 9.17) is 23.2 Å². The van der Waals surface area contributed by atoms with Crippen LogP contribution in [-0.2, 0) is 0 Å². The first-order valence-corrected chi connectivity index (χ1v) is 7.36. The summed E-state index contributed by atoms with van der Waals surface area (Å²) in [5.41, 5.74) is 4.26. The average Bonchev–Trinajstić information content (AvgIpc) is 2.93. The lowest BCUT2D eigenvalue weighted by Gasteiger charge is -2.00. The van der Waals surface area contributed by atoms with Crippen LogP contribution in [-0.4, -0.2) is 10.2 Å². The molecular weight excluding hydrogens is 319 g/mol. The number of aromatic amines is 1. The normalized spacial score (nSPS) is 11.2. The molecule has 0 amide bonds. The maximum Gasteiger partial charge on any atom is 0.131 e. The molecule has 110 valence electrons. The van der Waals surface area contributed by atoms with Crippen molar-refractivity contribution in [2.45, 2.75) is 6.92 Å². The van der Waals surface area contributed by atoms with E-state index in [0.29, 0.717) is 21.4 Å². The second-order valence-electron chi connectivity index (χ2n) is 4.82. The summed E-state index contributed by atoms with van der Waals surface area (Å²) in [6.07, 6.45) is 1.63. The molecule has 22 heavy (non-hydrogen) atoms.